The van der Waals surface area contributed by atoms with Crippen LogP contribution >= 0.6 is 0 Å². The Kier molecular flexibility index (Phi) is 3.64. The molecule has 1 aromatic carbocycles. The molecule has 5 nitrogen and oxygen atoms in total. The van der Waals surface area contributed by atoms with Crippen LogP contribution in [0.3, 0.4) is 0 Å². The van der Waals surface area contributed by atoms with Gasteiger partial charge in [0.05, 0.1) is 5.69 Å². The molecule has 0 aliphatic carbocycles. The summed E-state index contributed by atoms with van der Waals surface area (Å²) in [4.78, 5) is 20.0. The van der Waals surface area contributed by atoms with Gasteiger partial charge < -0.3 is 5.32 Å². The van der Waals surface area contributed by atoms with Gasteiger partial charge in [-0.3, -0.25) is 4.57 Å². The second kappa shape index (κ2) is 5.22. The third-order valence-corrected chi connectivity index (χ3v) is 3.13. The molecule has 5 heteroatoms. The van der Waals surface area contributed by atoms with Gasteiger partial charge in [-0.2, -0.15) is 4.98 Å². The maximum absolute atomic E-state index is 12.0. The SMILES string of the molecule is CCc1cc(C)c(-n2cnc(NC)nc2=O)c(C)c1. The summed E-state index contributed by atoms with van der Waals surface area (Å²) in [7, 11) is 1.69. The van der Waals surface area contributed by atoms with Gasteiger partial charge in [-0.1, -0.05) is 19.1 Å². The molecule has 2 rings (SSSR count). The molecule has 100 valence electrons. The topological polar surface area (TPSA) is 59.8 Å². The number of benzene rings is 1. The van der Waals surface area contributed by atoms with E-state index in [0.717, 1.165) is 23.2 Å². The molecular weight excluding hydrogens is 240 g/mol. The molecule has 0 spiro atoms. The Labute approximate surface area is 112 Å². The summed E-state index contributed by atoms with van der Waals surface area (Å²) in [5.74, 6) is 0.335. The van der Waals surface area contributed by atoms with Crippen LogP contribution in [0.15, 0.2) is 23.3 Å². The van der Waals surface area contributed by atoms with E-state index in [-0.39, 0.29) is 5.69 Å². The third kappa shape index (κ3) is 2.50. The van der Waals surface area contributed by atoms with Crippen molar-refractivity contribution in [2.75, 3.05) is 12.4 Å². The number of nitrogens with zero attached hydrogens (tertiary/aromatic N) is 3. The van der Waals surface area contributed by atoms with Crippen LogP contribution < -0.4 is 11.0 Å². The van der Waals surface area contributed by atoms with Crippen LogP contribution in [0.5, 0.6) is 0 Å². The lowest BCUT2D eigenvalue weighted by molar-refractivity contribution is 0.850. The van der Waals surface area contributed by atoms with E-state index in [1.54, 1.807) is 7.05 Å². The number of rotatable bonds is 3. The van der Waals surface area contributed by atoms with Gasteiger partial charge in [0.15, 0.2) is 0 Å². The van der Waals surface area contributed by atoms with Crippen molar-refractivity contribution in [3.63, 3.8) is 0 Å². The van der Waals surface area contributed by atoms with Crippen molar-refractivity contribution in [2.24, 2.45) is 0 Å². The second-order valence-electron chi connectivity index (χ2n) is 4.51. The van der Waals surface area contributed by atoms with Crippen molar-refractivity contribution in [3.05, 3.63) is 45.6 Å². The normalized spacial score (nSPS) is 10.5. The first-order valence-corrected chi connectivity index (χ1v) is 6.30. The standard InChI is InChI=1S/C14H18N4O/c1-5-11-6-9(2)12(10(3)7-11)18-8-16-13(15-4)17-14(18)19/h6-8H,5H2,1-4H3,(H,15,17,19). The Morgan fingerprint density at radius 2 is 1.89 bits per heavy atom. The third-order valence-electron chi connectivity index (χ3n) is 3.13. The molecule has 0 saturated carbocycles. The van der Waals surface area contributed by atoms with Crippen LogP contribution in [0.1, 0.15) is 23.6 Å². The Morgan fingerprint density at radius 3 is 2.37 bits per heavy atom. The van der Waals surface area contributed by atoms with Crippen LogP contribution in [0.2, 0.25) is 0 Å². The van der Waals surface area contributed by atoms with E-state index in [1.807, 2.05) is 13.8 Å². The number of hydrogen-bond acceptors (Lipinski definition) is 4. The van der Waals surface area contributed by atoms with Crippen molar-refractivity contribution in [1.29, 1.82) is 0 Å². The number of aromatic nitrogens is 3. The number of anilines is 1. The monoisotopic (exact) mass is 258 g/mol. The van der Waals surface area contributed by atoms with Gasteiger partial charge in [-0.05, 0) is 37.0 Å². The smallest absolute Gasteiger partial charge is 0.356 e. The Hall–Kier alpha value is -2.17. The molecule has 0 bridgehead atoms. The zero-order valence-corrected chi connectivity index (χ0v) is 11.7. The summed E-state index contributed by atoms with van der Waals surface area (Å²) < 4.78 is 1.49. The highest BCUT2D eigenvalue weighted by Crippen LogP contribution is 2.20. The zero-order valence-electron chi connectivity index (χ0n) is 11.7. The lowest BCUT2D eigenvalue weighted by Gasteiger charge is -2.13. The fourth-order valence-electron chi connectivity index (χ4n) is 2.24. The molecule has 1 aromatic heterocycles. The van der Waals surface area contributed by atoms with Crippen molar-refractivity contribution < 1.29 is 0 Å². The first kappa shape index (κ1) is 13.3. The van der Waals surface area contributed by atoms with E-state index in [2.05, 4.69) is 34.3 Å². The van der Waals surface area contributed by atoms with Crippen molar-refractivity contribution in [1.82, 2.24) is 14.5 Å². The van der Waals surface area contributed by atoms with E-state index in [4.69, 9.17) is 0 Å². The van der Waals surface area contributed by atoms with E-state index < -0.39 is 0 Å². The molecule has 0 atom stereocenters. The van der Waals surface area contributed by atoms with Crippen molar-refractivity contribution in [3.8, 4) is 5.69 Å². The van der Waals surface area contributed by atoms with Gasteiger partial charge >= 0.3 is 5.69 Å². The summed E-state index contributed by atoms with van der Waals surface area (Å²) in [6, 6.07) is 4.20. The molecule has 0 radical (unpaired) electrons. The molecule has 0 fully saturated rings. The Morgan fingerprint density at radius 1 is 1.26 bits per heavy atom. The molecule has 1 N–H and O–H groups in total. The van der Waals surface area contributed by atoms with Crippen LogP contribution in [-0.4, -0.2) is 21.6 Å². The van der Waals surface area contributed by atoms with Gasteiger partial charge in [-0.15, -0.1) is 0 Å². The van der Waals surface area contributed by atoms with E-state index in [0.29, 0.717) is 5.95 Å². The number of hydrogen-bond donors (Lipinski definition) is 1. The highest BCUT2D eigenvalue weighted by molar-refractivity contribution is 5.49. The molecule has 0 aliphatic heterocycles. The lowest BCUT2D eigenvalue weighted by Crippen LogP contribution is -2.24. The summed E-state index contributed by atoms with van der Waals surface area (Å²) in [5.41, 5.74) is 3.92. The van der Waals surface area contributed by atoms with Crippen LogP contribution in [0.4, 0.5) is 5.95 Å². The second-order valence-corrected chi connectivity index (χ2v) is 4.51. The van der Waals surface area contributed by atoms with Crippen LogP contribution in [-0.2, 0) is 6.42 Å². The first-order chi connectivity index (χ1) is 9.06. The molecule has 0 unspecified atom stereocenters. The van der Waals surface area contributed by atoms with Gasteiger partial charge in [0.2, 0.25) is 5.95 Å². The van der Waals surface area contributed by atoms with Gasteiger partial charge in [0.25, 0.3) is 0 Å². The minimum absolute atomic E-state index is 0.324. The highest BCUT2D eigenvalue weighted by atomic mass is 16.1. The molecule has 0 saturated heterocycles. The average molecular weight is 258 g/mol. The fraction of sp³-hybridized carbons (Fsp3) is 0.357. The quantitative estimate of drug-likeness (QED) is 0.912. The maximum atomic E-state index is 12.0. The largest absolute Gasteiger partial charge is 0.357 e. The summed E-state index contributed by atoms with van der Waals surface area (Å²) in [5, 5.41) is 2.76. The lowest BCUT2D eigenvalue weighted by atomic mass is 10.0. The Balaban J connectivity index is 2.62. The summed E-state index contributed by atoms with van der Waals surface area (Å²) in [6.45, 7) is 6.12. The van der Waals surface area contributed by atoms with Crippen molar-refractivity contribution in [2.45, 2.75) is 27.2 Å². The first-order valence-electron chi connectivity index (χ1n) is 6.30. The van der Waals surface area contributed by atoms with E-state index in [9.17, 15) is 4.79 Å². The van der Waals surface area contributed by atoms with Crippen molar-refractivity contribution >= 4 is 5.95 Å². The van der Waals surface area contributed by atoms with Gasteiger partial charge in [0.1, 0.15) is 6.33 Å². The van der Waals surface area contributed by atoms with Gasteiger partial charge in [-0.25, -0.2) is 9.78 Å². The molecule has 2 aromatic rings. The summed E-state index contributed by atoms with van der Waals surface area (Å²) in [6.07, 6.45) is 2.49. The molecular formula is C14H18N4O. The molecule has 0 aliphatic rings. The fourth-order valence-corrected chi connectivity index (χ4v) is 2.24. The maximum Gasteiger partial charge on any atom is 0.356 e. The average Bonchev–Trinajstić information content (AvgIpc) is 2.39. The minimum atomic E-state index is -0.324. The summed E-state index contributed by atoms with van der Waals surface area (Å²) >= 11 is 0. The zero-order chi connectivity index (χ0) is 14.0. The van der Waals surface area contributed by atoms with Crippen LogP contribution in [0, 0.1) is 13.8 Å². The van der Waals surface area contributed by atoms with E-state index in [1.165, 1.54) is 16.5 Å². The molecule has 0 amide bonds. The number of aryl methyl sites for hydroxylation is 3. The number of nitrogens with one attached hydrogen (secondary N) is 1. The molecule has 1 heterocycles. The van der Waals surface area contributed by atoms with Gasteiger partial charge in [0, 0.05) is 7.05 Å². The van der Waals surface area contributed by atoms with Crippen LogP contribution in [0.25, 0.3) is 5.69 Å². The highest BCUT2D eigenvalue weighted by Gasteiger charge is 2.10. The minimum Gasteiger partial charge on any atom is -0.357 e. The van der Waals surface area contributed by atoms with E-state index >= 15 is 0 Å². The predicted molar refractivity (Wildman–Crippen MR) is 76.0 cm³/mol. The Bertz CT molecular complexity index is 638. The molecule has 19 heavy (non-hydrogen) atoms. The predicted octanol–water partition coefficient (Wildman–Crippen LogP) is 1.85.